The maximum absolute atomic E-state index is 13.0. The Morgan fingerprint density at radius 2 is 1.97 bits per heavy atom. The van der Waals surface area contributed by atoms with Crippen LogP contribution >= 0.6 is 27.5 Å². The minimum absolute atomic E-state index is 0.0145. The van der Waals surface area contributed by atoms with Gasteiger partial charge in [0.2, 0.25) is 0 Å². The first kappa shape index (κ1) is 24.6. The van der Waals surface area contributed by atoms with Gasteiger partial charge in [0.15, 0.2) is 5.65 Å². The number of nitrogens with one attached hydrogen (secondary N) is 2. The van der Waals surface area contributed by atoms with Gasteiger partial charge in [-0.05, 0) is 53.2 Å². The molecule has 1 aliphatic rings. The molecule has 0 spiro atoms. The molecular formula is C27H28BrClN6O. The number of benzene rings is 2. The Hall–Kier alpha value is -3.10. The minimum Gasteiger partial charge on any atom is -0.370 e. The topological polar surface area (TPSA) is 74.6 Å². The second-order valence-electron chi connectivity index (χ2n) is 9.15. The highest BCUT2D eigenvalue weighted by Gasteiger charge is 2.25. The number of fused-ring (bicyclic) bond motifs is 1. The van der Waals surface area contributed by atoms with Crippen molar-refractivity contribution >= 4 is 45.0 Å². The average Bonchev–Trinajstić information content (AvgIpc) is 3.28. The number of hydrogen-bond acceptors (Lipinski definition) is 4. The SMILES string of the molecule is CC(NC(=O)N1CCCC(CNc2cc(-c3ccccc3Cl)nc3c(Br)cnn23)C1)c1ccccc1. The largest absolute Gasteiger partial charge is 0.370 e. The summed E-state index contributed by atoms with van der Waals surface area (Å²) in [5, 5.41) is 11.8. The summed E-state index contributed by atoms with van der Waals surface area (Å²) in [6, 6.07) is 19.6. The smallest absolute Gasteiger partial charge is 0.317 e. The third kappa shape index (κ3) is 5.34. The fourth-order valence-corrected chi connectivity index (χ4v) is 5.22. The maximum Gasteiger partial charge on any atom is 0.317 e. The van der Waals surface area contributed by atoms with Crippen molar-refractivity contribution in [3.8, 4) is 11.3 Å². The Morgan fingerprint density at radius 1 is 1.19 bits per heavy atom. The van der Waals surface area contributed by atoms with Crippen molar-refractivity contribution in [2.45, 2.75) is 25.8 Å². The van der Waals surface area contributed by atoms with Crippen molar-refractivity contribution in [2.75, 3.05) is 25.0 Å². The summed E-state index contributed by atoms with van der Waals surface area (Å²) in [7, 11) is 0. The molecule has 4 aromatic rings. The molecule has 9 heteroatoms. The summed E-state index contributed by atoms with van der Waals surface area (Å²) in [5.74, 6) is 1.16. The van der Waals surface area contributed by atoms with Crippen LogP contribution in [0.3, 0.4) is 0 Å². The number of carbonyl (C=O) groups excluding carboxylic acids is 1. The zero-order valence-corrected chi connectivity index (χ0v) is 22.3. The highest BCUT2D eigenvalue weighted by molar-refractivity contribution is 9.10. The molecule has 1 aliphatic heterocycles. The van der Waals surface area contributed by atoms with Gasteiger partial charge in [-0.15, -0.1) is 0 Å². The molecule has 2 amide bonds. The third-order valence-corrected chi connectivity index (χ3v) is 7.49. The molecular weight excluding hydrogens is 540 g/mol. The van der Waals surface area contributed by atoms with E-state index in [1.807, 2.05) is 72.5 Å². The molecule has 2 aromatic heterocycles. The quantitative estimate of drug-likeness (QED) is 0.282. The van der Waals surface area contributed by atoms with E-state index in [4.69, 9.17) is 16.6 Å². The summed E-state index contributed by atoms with van der Waals surface area (Å²) < 4.78 is 2.60. The molecule has 0 aliphatic carbocycles. The third-order valence-electron chi connectivity index (χ3n) is 6.60. The molecule has 36 heavy (non-hydrogen) atoms. The number of amides is 2. The second-order valence-corrected chi connectivity index (χ2v) is 10.4. The van der Waals surface area contributed by atoms with Crippen molar-refractivity contribution in [3.05, 3.63) is 81.9 Å². The van der Waals surface area contributed by atoms with Gasteiger partial charge >= 0.3 is 6.03 Å². The van der Waals surface area contributed by atoms with Crippen molar-refractivity contribution in [1.29, 1.82) is 0 Å². The summed E-state index contributed by atoms with van der Waals surface area (Å²) >= 11 is 10.0. The van der Waals surface area contributed by atoms with Crippen LogP contribution in [0.15, 0.2) is 71.3 Å². The number of anilines is 1. The lowest BCUT2D eigenvalue weighted by molar-refractivity contribution is 0.165. The molecule has 0 saturated carbocycles. The lowest BCUT2D eigenvalue weighted by Gasteiger charge is -2.34. The van der Waals surface area contributed by atoms with Crippen LogP contribution < -0.4 is 10.6 Å². The minimum atomic E-state index is -0.0382. The second kappa shape index (κ2) is 10.9. The highest BCUT2D eigenvalue weighted by atomic mass is 79.9. The molecule has 1 fully saturated rings. The first-order chi connectivity index (χ1) is 17.5. The number of nitrogens with zero attached hydrogens (tertiary/aromatic N) is 4. The Kier molecular flexibility index (Phi) is 7.43. The number of likely N-dealkylation sites (tertiary alicyclic amines) is 1. The Labute approximate surface area is 224 Å². The molecule has 5 rings (SSSR count). The maximum atomic E-state index is 13.0. The van der Waals surface area contributed by atoms with Crippen LogP contribution in [0.1, 0.15) is 31.4 Å². The summed E-state index contributed by atoms with van der Waals surface area (Å²) in [5.41, 5.74) is 3.46. The molecule has 2 N–H and O–H groups in total. The molecule has 0 radical (unpaired) electrons. The fraction of sp³-hybridized carbons (Fsp3) is 0.296. The molecule has 186 valence electrons. The van der Waals surface area contributed by atoms with Crippen molar-refractivity contribution in [3.63, 3.8) is 0 Å². The van der Waals surface area contributed by atoms with Gasteiger partial charge in [-0.25, -0.2) is 9.78 Å². The molecule has 3 heterocycles. The van der Waals surface area contributed by atoms with E-state index in [1.165, 1.54) is 0 Å². The van der Waals surface area contributed by atoms with Gasteiger partial charge in [0, 0.05) is 36.3 Å². The number of rotatable bonds is 6. The van der Waals surface area contributed by atoms with E-state index < -0.39 is 0 Å². The Bertz CT molecular complexity index is 1360. The number of halogens is 2. The van der Waals surface area contributed by atoms with Crippen LogP contribution in [0.5, 0.6) is 0 Å². The van der Waals surface area contributed by atoms with Crippen LogP contribution in [0, 0.1) is 5.92 Å². The van der Waals surface area contributed by atoms with E-state index in [2.05, 4.69) is 31.7 Å². The summed E-state index contributed by atoms with van der Waals surface area (Å²) in [4.78, 5) is 19.7. The van der Waals surface area contributed by atoms with E-state index >= 15 is 0 Å². The van der Waals surface area contributed by atoms with Crippen molar-refractivity contribution < 1.29 is 4.79 Å². The van der Waals surface area contributed by atoms with Gasteiger partial charge in [0.05, 0.1) is 22.4 Å². The number of piperidine rings is 1. The highest BCUT2D eigenvalue weighted by Crippen LogP contribution is 2.30. The Morgan fingerprint density at radius 3 is 2.78 bits per heavy atom. The first-order valence-corrected chi connectivity index (χ1v) is 13.3. The monoisotopic (exact) mass is 566 g/mol. The Balaban J connectivity index is 1.28. The number of carbonyl (C=O) groups is 1. The molecule has 0 bridgehead atoms. The van der Waals surface area contributed by atoms with Gasteiger partial charge < -0.3 is 15.5 Å². The molecule has 2 atom stereocenters. The number of aromatic nitrogens is 3. The summed E-state index contributed by atoms with van der Waals surface area (Å²) in [6.07, 6.45) is 3.77. The normalized spacial score (nSPS) is 16.6. The zero-order chi connectivity index (χ0) is 25.1. The summed E-state index contributed by atoms with van der Waals surface area (Å²) in [6.45, 7) is 4.21. The van der Waals surface area contributed by atoms with E-state index in [0.29, 0.717) is 17.5 Å². The van der Waals surface area contributed by atoms with Crippen LogP contribution in [0.2, 0.25) is 5.02 Å². The van der Waals surface area contributed by atoms with Gasteiger partial charge in [-0.2, -0.15) is 9.61 Å². The van der Waals surface area contributed by atoms with Crippen molar-refractivity contribution in [1.82, 2.24) is 24.8 Å². The van der Waals surface area contributed by atoms with Gasteiger partial charge in [-0.1, -0.05) is 60.1 Å². The van der Waals surface area contributed by atoms with E-state index in [1.54, 1.807) is 10.7 Å². The van der Waals surface area contributed by atoms with Gasteiger partial charge in [0.25, 0.3) is 0 Å². The average molecular weight is 568 g/mol. The number of urea groups is 1. The standard InChI is InChI=1S/C27H28BrClN6O/c1-18(20-9-3-2-4-10-20)32-27(36)34-13-7-8-19(17-34)15-30-25-14-24(21-11-5-6-12-23(21)29)33-26-22(28)16-31-35(25)26/h2-6,9-12,14,16,18-19,30H,7-8,13,15,17H2,1H3,(H,32,36). The predicted molar refractivity (Wildman–Crippen MR) is 147 cm³/mol. The molecule has 7 nitrogen and oxygen atoms in total. The number of hydrogen-bond donors (Lipinski definition) is 2. The van der Waals surface area contributed by atoms with E-state index in [-0.39, 0.29) is 12.1 Å². The van der Waals surface area contributed by atoms with Gasteiger partial charge in [-0.3, -0.25) is 0 Å². The molecule has 2 unspecified atom stereocenters. The first-order valence-electron chi connectivity index (χ1n) is 12.1. The zero-order valence-electron chi connectivity index (χ0n) is 20.0. The molecule has 1 saturated heterocycles. The molecule has 2 aromatic carbocycles. The lowest BCUT2D eigenvalue weighted by atomic mass is 9.98. The van der Waals surface area contributed by atoms with Crippen LogP contribution in [-0.2, 0) is 0 Å². The van der Waals surface area contributed by atoms with Gasteiger partial charge in [0.1, 0.15) is 5.82 Å². The van der Waals surface area contributed by atoms with Crippen LogP contribution in [-0.4, -0.2) is 45.2 Å². The van der Waals surface area contributed by atoms with Crippen LogP contribution in [0.25, 0.3) is 16.9 Å². The van der Waals surface area contributed by atoms with E-state index in [0.717, 1.165) is 58.7 Å². The lowest BCUT2D eigenvalue weighted by Crippen LogP contribution is -2.47. The van der Waals surface area contributed by atoms with E-state index in [9.17, 15) is 4.79 Å². The predicted octanol–water partition coefficient (Wildman–Crippen LogP) is 6.41. The van der Waals surface area contributed by atoms with Crippen molar-refractivity contribution in [2.24, 2.45) is 5.92 Å². The van der Waals surface area contributed by atoms with Crippen LogP contribution in [0.4, 0.5) is 10.6 Å². The fourth-order valence-electron chi connectivity index (χ4n) is 4.64.